The van der Waals surface area contributed by atoms with Crippen LogP contribution in [0.25, 0.3) is 0 Å². The monoisotopic (exact) mass is 492 g/mol. The molecule has 0 heterocycles. The molecule has 0 fully saturated rings. The van der Waals surface area contributed by atoms with Gasteiger partial charge in [-0.15, -0.1) is 0 Å². The van der Waals surface area contributed by atoms with Crippen LogP contribution in [-0.2, 0) is 15.2 Å². The van der Waals surface area contributed by atoms with E-state index < -0.39 is 17.6 Å². The van der Waals surface area contributed by atoms with E-state index >= 15 is 0 Å². The van der Waals surface area contributed by atoms with Gasteiger partial charge in [0.25, 0.3) is 5.91 Å². The highest BCUT2D eigenvalue weighted by atomic mass is 16.3. The summed E-state index contributed by atoms with van der Waals surface area (Å²) in [5.74, 6) is -1.08. The van der Waals surface area contributed by atoms with Crippen molar-refractivity contribution in [1.82, 2.24) is 10.4 Å². The molecule has 4 aromatic carbocycles. The molecule has 0 bridgehead atoms. The zero-order valence-electron chi connectivity index (χ0n) is 21.6. The lowest BCUT2D eigenvalue weighted by atomic mass is 9.85. The van der Waals surface area contributed by atoms with Crippen LogP contribution in [0, 0.1) is 20.8 Å². The lowest BCUT2D eigenvalue weighted by Crippen LogP contribution is -2.55. The van der Waals surface area contributed by atoms with Gasteiger partial charge in [-0.1, -0.05) is 120 Å². The fraction of sp³-hybridized carbons (Fsp3) is 0.188. The number of nitrogens with one attached hydrogen (secondary N) is 1. The lowest BCUT2D eigenvalue weighted by molar-refractivity contribution is -0.150. The largest absolute Gasteiger partial charge is 0.372 e. The van der Waals surface area contributed by atoms with Gasteiger partial charge in [0.1, 0.15) is 6.04 Å². The Bertz CT molecular complexity index is 1320. The molecular formula is C32H32N2O3. The molecule has 0 aliphatic rings. The number of aliphatic hydroxyl groups is 1. The van der Waals surface area contributed by atoms with E-state index in [9.17, 15) is 14.7 Å². The summed E-state index contributed by atoms with van der Waals surface area (Å²) in [5, 5.41) is 13.3. The van der Waals surface area contributed by atoms with Crippen molar-refractivity contribution in [2.45, 2.75) is 39.3 Å². The van der Waals surface area contributed by atoms with Crippen LogP contribution < -0.4 is 5.43 Å². The maximum atomic E-state index is 14.0. The molecular weight excluding hydrogens is 460 g/mol. The summed E-state index contributed by atoms with van der Waals surface area (Å²) in [6.45, 7) is 7.28. The average molecular weight is 493 g/mol. The highest BCUT2D eigenvalue weighted by Crippen LogP contribution is 2.33. The number of amides is 2. The van der Waals surface area contributed by atoms with E-state index in [0.717, 1.165) is 27.8 Å². The second kappa shape index (κ2) is 10.8. The third kappa shape index (κ3) is 5.47. The van der Waals surface area contributed by atoms with Gasteiger partial charge in [0, 0.05) is 6.92 Å². The van der Waals surface area contributed by atoms with E-state index in [0.29, 0.717) is 11.1 Å². The molecule has 0 aliphatic carbocycles. The molecule has 188 valence electrons. The minimum Gasteiger partial charge on any atom is -0.372 e. The average Bonchev–Trinajstić information content (AvgIpc) is 2.90. The van der Waals surface area contributed by atoms with Crippen LogP contribution in [0.2, 0.25) is 0 Å². The number of carbonyl (C=O) groups is 2. The summed E-state index contributed by atoms with van der Waals surface area (Å²) in [7, 11) is 0. The Balaban J connectivity index is 1.81. The highest BCUT2D eigenvalue weighted by molar-refractivity contribution is 5.91. The van der Waals surface area contributed by atoms with Crippen molar-refractivity contribution in [3.05, 3.63) is 142 Å². The molecule has 0 aliphatic heterocycles. The zero-order valence-corrected chi connectivity index (χ0v) is 21.6. The van der Waals surface area contributed by atoms with Crippen LogP contribution >= 0.6 is 0 Å². The summed E-state index contributed by atoms with van der Waals surface area (Å²) in [5.41, 5.74) is 6.35. The first kappa shape index (κ1) is 25.9. The Kier molecular flexibility index (Phi) is 7.55. The Hall–Kier alpha value is -4.22. The Labute approximate surface area is 218 Å². The Morgan fingerprint density at radius 2 is 1.08 bits per heavy atom. The molecule has 4 aromatic rings. The van der Waals surface area contributed by atoms with Crippen LogP contribution in [0.15, 0.2) is 103 Å². The number of hydrazine groups is 1. The normalized spacial score (nSPS) is 12.0. The minimum atomic E-state index is -2.02. The van der Waals surface area contributed by atoms with Gasteiger partial charge < -0.3 is 5.11 Å². The van der Waals surface area contributed by atoms with Crippen molar-refractivity contribution < 1.29 is 14.7 Å². The first-order valence-electron chi connectivity index (χ1n) is 12.3. The van der Waals surface area contributed by atoms with Crippen LogP contribution in [0.4, 0.5) is 0 Å². The van der Waals surface area contributed by atoms with Gasteiger partial charge in [-0.3, -0.25) is 15.0 Å². The fourth-order valence-corrected chi connectivity index (χ4v) is 4.41. The van der Waals surface area contributed by atoms with Gasteiger partial charge in [-0.25, -0.2) is 5.01 Å². The molecule has 5 heteroatoms. The number of aryl methyl sites for hydroxylation is 3. The van der Waals surface area contributed by atoms with Gasteiger partial charge in [-0.2, -0.15) is 0 Å². The fourth-order valence-electron chi connectivity index (χ4n) is 4.41. The highest BCUT2D eigenvalue weighted by Gasteiger charge is 2.42. The summed E-state index contributed by atoms with van der Waals surface area (Å²) < 4.78 is 0. The van der Waals surface area contributed by atoms with Gasteiger partial charge in [-0.05, 0) is 43.0 Å². The van der Waals surface area contributed by atoms with Gasteiger partial charge >= 0.3 is 0 Å². The molecule has 4 rings (SSSR count). The molecule has 1 atom stereocenters. The number of nitrogens with zero attached hydrogens (tertiary/aromatic N) is 1. The smallest absolute Gasteiger partial charge is 0.279 e. The molecule has 0 spiro atoms. The van der Waals surface area contributed by atoms with Gasteiger partial charge in [0.15, 0.2) is 5.60 Å². The molecule has 0 aromatic heterocycles. The van der Waals surface area contributed by atoms with Crippen LogP contribution in [0.3, 0.4) is 0 Å². The molecule has 5 nitrogen and oxygen atoms in total. The van der Waals surface area contributed by atoms with Crippen LogP contribution in [0.5, 0.6) is 0 Å². The summed E-state index contributed by atoms with van der Waals surface area (Å²) >= 11 is 0. The van der Waals surface area contributed by atoms with Crippen molar-refractivity contribution in [2.75, 3.05) is 0 Å². The Morgan fingerprint density at radius 1 is 0.676 bits per heavy atom. The van der Waals surface area contributed by atoms with Crippen molar-refractivity contribution in [1.29, 1.82) is 0 Å². The first-order valence-corrected chi connectivity index (χ1v) is 12.3. The quantitative estimate of drug-likeness (QED) is 0.349. The van der Waals surface area contributed by atoms with Crippen LogP contribution in [-0.4, -0.2) is 21.9 Å². The maximum Gasteiger partial charge on any atom is 0.279 e. The maximum absolute atomic E-state index is 14.0. The first-order chi connectivity index (χ1) is 17.7. The van der Waals surface area contributed by atoms with E-state index in [1.807, 2.05) is 99.6 Å². The second-order valence-electron chi connectivity index (χ2n) is 9.50. The van der Waals surface area contributed by atoms with Crippen LogP contribution in [0.1, 0.15) is 51.9 Å². The number of benzene rings is 4. The van der Waals surface area contributed by atoms with E-state index in [4.69, 9.17) is 0 Å². The standard InChI is InChI=1S/C32H32N2O3/c1-22-10-16-27(17-11-22)30(26-8-6-5-7-9-26)34(25(4)35)33-31(36)32(37,28-18-12-23(2)13-19-28)29-20-14-24(3)15-21-29/h5-21,30,37H,1-4H3,(H,33,36)/t30-/m1/s1. The predicted molar refractivity (Wildman–Crippen MR) is 145 cm³/mol. The summed E-state index contributed by atoms with van der Waals surface area (Å²) in [6, 6.07) is 31.1. The van der Waals surface area contributed by atoms with E-state index in [2.05, 4.69) is 5.43 Å². The summed E-state index contributed by atoms with van der Waals surface area (Å²) in [6.07, 6.45) is 0. The van der Waals surface area contributed by atoms with Crippen molar-refractivity contribution in [3.8, 4) is 0 Å². The van der Waals surface area contributed by atoms with Gasteiger partial charge in [0.05, 0.1) is 0 Å². The third-order valence-electron chi connectivity index (χ3n) is 6.60. The number of hydrogen-bond acceptors (Lipinski definition) is 3. The molecule has 2 amide bonds. The zero-order chi connectivity index (χ0) is 26.6. The van der Waals surface area contributed by atoms with Crippen molar-refractivity contribution in [3.63, 3.8) is 0 Å². The molecule has 0 radical (unpaired) electrons. The molecule has 2 N–H and O–H groups in total. The third-order valence-corrected chi connectivity index (χ3v) is 6.60. The van der Waals surface area contributed by atoms with Crippen molar-refractivity contribution >= 4 is 11.8 Å². The van der Waals surface area contributed by atoms with Gasteiger partial charge in [0.2, 0.25) is 5.91 Å². The second-order valence-corrected chi connectivity index (χ2v) is 9.50. The van der Waals surface area contributed by atoms with E-state index in [1.165, 1.54) is 11.9 Å². The molecule has 0 unspecified atom stereocenters. The molecule has 0 saturated heterocycles. The minimum absolute atomic E-state index is 0.363. The van der Waals surface area contributed by atoms with E-state index in [-0.39, 0.29) is 5.91 Å². The number of hydrogen-bond donors (Lipinski definition) is 2. The SMILES string of the molecule is CC(=O)N(NC(=O)C(O)(c1ccc(C)cc1)c1ccc(C)cc1)[C@H](c1ccccc1)c1ccc(C)cc1. The lowest BCUT2D eigenvalue weighted by Gasteiger charge is -2.36. The van der Waals surface area contributed by atoms with Crippen molar-refractivity contribution in [2.24, 2.45) is 0 Å². The number of rotatable bonds is 6. The van der Waals surface area contributed by atoms with E-state index in [1.54, 1.807) is 24.3 Å². The predicted octanol–water partition coefficient (Wildman–Crippen LogP) is 5.52. The Morgan fingerprint density at radius 3 is 1.51 bits per heavy atom. The molecule has 0 saturated carbocycles. The molecule has 37 heavy (non-hydrogen) atoms. The summed E-state index contributed by atoms with van der Waals surface area (Å²) in [4.78, 5) is 27.1. The number of carbonyl (C=O) groups excluding carboxylic acids is 2. The topological polar surface area (TPSA) is 69.6 Å².